The summed E-state index contributed by atoms with van der Waals surface area (Å²) in [5.74, 6) is 0. The Bertz CT molecular complexity index is 522. The summed E-state index contributed by atoms with van der Waals surface area (Å²) < 4.78 is 25.5. The maximum atomic E-state index is 11.7. The van der Waals surface area contributed by atoms with Crippen molar-refractivity contribution in [3.8, 4) is 6.07 Å². The van der Waals surface area contributed by atoms with Crippen molar-refractivity contribution >= 4 is 21.6 Å². The molecule has 0 saturated heterocycles. The molecular weight excluding hydrogens is 252 g/mol. The van der Waals surface area contributed by atoms with Gasteiger partial charge in [-0.2, -0.15) is 5.26 Å². The second-order valence-electron chi connectivity index (χ2n) is 2.88. The topological polar surface area (TPSA) is 90.2 Å². The molecule has 0 bridgehead atoms. The molecule has 0 aliphatic carbocycles. The van der Waals surface area contributed by atoms with E-state index in [9.17, 15) is 8.42 Å². The van der Waals surface area contributed by atoms with Gasteiger partial charge in [-0.05, 0) is 18.2 Å². The Morgan fingerprint density at radius 1 is 1.50 bits per heavy atom. The zero-order valence-corrected chi connectivity index (χ0v) is 9.72. The van der Waals surface area contributed by atoms with E-state index < -0.39 is 10.0 Å². The highest BCUT2D eigenvalue weighted by Gasteiger charge is 2.17. The van der Waals surface area contributed by atoms with Crippen LogP contribution in [0.4, 0.5) is 0 Å². The third-order valence-corrected chi connectivity index (χ3v) is 3.70. The first-order chi connectivity index (χ1) is 7.51. The number of nitrogens with one attached hydrogen (secondary N) is 1. The third-order valence-electron chi connectivity index (χ3n) is 1.75. The Balaban J connectivity index is 3.17. The lowest BCUT2D eigenvalue weighted by atomic mass is 10.2. The average Bonchev–Trinajstić information content (AvgIpc) is 2.27. The zero-order chi connectivity index (χ0) is 12.2. The number of hydrogen-bond donors (Lipinski definition) is 2. The molecule has 1 aromatic carbocycles. The van der Waals surface area contributed by atoms with E-state index in [2.05, 4.69) is 4.72 Å². The van der Waals surface area contributed by atoms with Gasteiger partial charge in [-0.15, -0.1) is 0 Å². The van der Waals surface area contributed by atoms with E-state index in [0.29, 0.717) is 0 Å². The Hall–Kier alpha value is -1.13. The van der Waals surface area contributed by atoms with Crippen LogP contribution in [0.1, 0.15) is 5.56 Å². The van der Waals surface area contributed by atoms with Crippen LogP contribution in [-0.2, 0) is 10.0 Å². The minimum atomic E-state index is -3.78. The number of rotatable bonds is 4. The number of sulfonamides is 1. The Kier molecular flexibility index (Phi) is 4.26. The van der Waals surface area contributed by atoms with Gasteiger partial charge < -0.3 is 5.11 Å². The summed E-state index contributed by atoms with van der Waals surface area (Å²) in [4.78, 5) is -0.165. The van der Waals surface area contributed by atoms with Gasteiger partial charge >= 0.3 is 0 Å². The van der Waals surface area contributed by atoms with Crippen molar-refractivity contribution in [1.82, 2.24) is 4.72 Å². The summed E-state index contributed by atoms with van der Waals surface area (Å²) in [6.45, 7) is -0.412. The fourth-order valence-electron chi connectivity index (χ4n) is 1.04. The molecule has 5 nitrogen and oxygen atoms in total. The van der Waals surface area contributed by atoms with Crippen LogP contribution in [-0.4, -0.2) is 26.7 Å². The molecule has 1 rings (SSSR count). The molecule has 0 aliphatic heterocycles. The number of hydrogen-bond acceptors (Lipinski definition) is 4. The second kappa shape index (κ2) is 5.27. The molecule has 0 radical (unpaired) electrons. The van der Waals surface area contributed by atoms with E-state index in [1.54, 1.807) is 0 Å². The lowest BCUT2D eigenvalue weighted by Gasteiger charge is -2.07. The lowest BCUT2D eigenvalue weighted by Crippen LogP contribution is -2.26. The molecule has 16 heavy (non-hydrogen) atoms. The maximum absolute atomic E-state index is 11.7. The number of nitrogens with zero attached hydrogens (tertiary/aromatic N) is 1. The minimum Gasteiger partial charge on any atom is -0.395 e. The van der Waals surface area contributed by atoms with E-state index in [-0.39, 0.29) is 28.6 Å². The van der Waals surface area contributed by atoms with Crippen LogP contribution < -0.4 is 4.72 Å². The predicted octanol–water partition coefficient (Wildman–Crippen LogP) is 0.482. The molecule has 1 aromatic rings. The molecule has 0 aromatic heterocycles. The van der Waals surface area contributed by atoms with Gasteiger partial charge in [0.05, 0.1) is 23.3 Å². The van der Waals surface area contributed by atoms with Gasteiger partial charge in [-0.1, -0.05) is 11.6 Å². The molecule has 0 spiro atoms. The molecule has 7 heteroatoms. The minimum absolute atomic E-state index is 0.0319. The Morgan fingerprint density at radius 3 is 2.75 bits per heavy atom. The Morgan fingerprint density at radius 2 is 2.19 bits per heavy atom. The van der Waals surface area contributed by atoms with Crippen molar-refractivity contribution in [2.45, 2.75) is 4.90 Å². The van der Waals surface area contributed by atoms with E-state index in [1.165, 1.54) is 18.2 Å². The van der Waals surface area contributed by atoms with E-state index >= 15 is 0 Å². The number of aliphatic hydroxyl groups is 1. The second-order valence-corrected chi connectivity index (χ2v) is 5.02. The largest absolute Gasteiger partial charge is 0.395 e. The van der Waals surface area contributed by atoms with Gasteiger partial charge in [0.2, 0.25) is 10.0 Å². The average molecular weight is 261 g/mol. The van der Waals surface area contributed by atoms with Gasteiger partial charge in [0.25, 0.3) is 0 Å². The number of aliphatic hydroxyl groups excluding tert-OH is 1. The summed E-state index contributed by atoms with van der Waals surface area (Å²) in [6, 6.07) is 5.77. The monoisotopic (exact) mass is 260 g/mol. The van der Waals surface area contributed by atoms with Gasteiger partial charge in [-0.25, -0.2) is 13.1 Å². The van der Waals surface area contributed by atoms with E-state index in [1.807, 2.05) is 6.07 Å². The first-order valence-electron chi connectivity index (χ1n) is 4.31. The molecule has 86 valence electrons. The molecule has 0 heterocycles. The van der Waals surface area contributed by atoms with Crippen LogP contribution in [0, 0.1) is 11.3 Å². The van der Waals surface area contributed by atoms with Crippen molar-refractivity contribution < 1.29 is 13.5 Å². The van der Waals surface area contributed by atoms with Crippen LogP contribution in [0.15, 0.2) is 23.1 Å². The first kappa shape index (κ1) is 12.9. The van der Waals surface area contributed by atoms with Crippen molar-refractivity contribution in [3.05, 3.63) is 28.8 Å². The standard InChI is InChI=1S/C9H9ClN2O3S/c10-8-2-1-7(6-11)5-9(8)16(14,15)12-3-4-13/h1-2,5,12-13H,3-4H2. The molecule has 0 unspecified atom stereocenters. The third kappa shape index (κ3) is 2.93. The van der Waals surface area contributed by atoms with Crippen LogP contribution >= 0.6 is 11.6 Å². The summed E-state index contributed by atoms with van der Waals surface area (Å²) in [5.41, 5.74) is 0.203. The van der Waals surface area contributed by atoms with Gasteiger partial charge in [0, 0.05) is 6.54 Å². The molecule has 0 saturated carbocycles. The fraction of sp³-hybridized carbons (Fsp3) is 0.222. The number of halogens is 1. The van der Waals surface area contributed by atoms with Crippen molar-refractivity contribution in [2.75, 3.05) is 13.2 Å². The molecule has 0 atom stereocenters. The highest BCUT2D eigenvalue weighted by Crippen LogP contribution is 2.22. The van der Waals surface area contributed by atoms with Crippen molar-refractivity contribution in [2.24, 2.45) is 0 Å². The lowest BCUT2D eigenvalue weighted by molar-refractivity contribution is 0.301. The quantitative estimate of drug-likeness (QED) is 0.824. The van der Waals surface area contributed by atoms with Crippen LogP contribution in [0.25, 0.3) is 0 Å². The van der Waals surface area contributed by atoms with Gasteiger partial charge in [0.1, 0.15) is 4.90 Å². The molecule has 2 N–H and O–H groups in total. The van der Waals surface area contributed by atoms with Crippen molar-refractivity contribution in [3.63, 3.8) is 0 Å². The fourth-order valence-corrected chi connectivity index (χ4v) is 2.58. The molecule has 0 amide bonds. The predicted molar refractivity (Wildman–Crippen MR) is 58.4 cm³/mol. The SMILES string of the molecule is N#Cc1ccc(Cl)c(S(=O)(=O)NCCO)c1. The van der Waals surface area contributed by atoms with Crippen LogP contribution in [0.3, 0.4) is 0 Å². The van der Waals surface area contributed by atoms with E-state index in [0.717, 1.165) is 0 Å². The maximum Gasteiger partial charge on any atom is 0.242 e. The van der Waals surface area contributed by atoms with Gasteiger partial charge in [0.15, 0.2) is 0 Å². The highest BCUT2D eigenvalue weighted by atomic mass is 35.5. The summed E-state index contributed by atoms with van der Waals surface area (Å²) in [7, 11) is -3.78. The normalized spacial score (nSPS) is 11.1. The highest BCUT2D eigenvalue weighted by molar-refractivity contribution is 7.89. The number of benzene rings is 1. The van der Waals surface area contributed by atoms with Gasteiger partial charge in [-0.3, -0.25) is 0 Å². The van der Waals surface area contributed by atoms with Crippen molar-refractivity contribution in [1.29, 1.82) is 5.26 Å². The Labute approximate surface area is 98.3 Å². The summed E-state index contributed by atoms with van der Waals surface area (Å²) in [5, 5.41) is 17.2. The smallest absolute Gasteiger partial charge is 0.242 e. The summed E-state index contributed by atoms with van der Waals surface area (Å²) in [6.07, 6.45) is 0. The molecule has 0 fully saturated rings. The molecule has 0 aliphatic rings. The zero-order valence-electron chi connectivity index (χ0n) is 8.14. The molecular formula is C9H9ClN2O3S. The van der Waals surface area contributed by atoms with E-state index in [4.69, 9.17) is 22.0 Å². The number of nitriles is 1. The van der Waals surface area contributed by atoms with Crippen LogP contribution in [0.2, 0.25) is 5.02 Å². The van der Waals surface area contributed by atoms with Crippen LogP contribution in [0.5, 0.6) is 0 Å². The summed E-state index contributed by atoms with van der Waals surface area (Å²) >= 11 is 5.73. The first-order valence-corrected chi connectivity index (χ1v) is 6.17.